The number of aliphatic hydroxyl groups excluding tert-OH is 1. The molecule has 6 rings (SSSR count). The van der Waals surface area contributed by atoms with Crippen molar-refractivity contribution in [1.29, 1.82) is 0 Å². The molecule has 1 saturated heterocycles. The van der Waals surface area contributed by atoms with Crippen molar-refractivity contribution in [3.8, 4) is 10.4 Å². The van der Waals surface area contributed by atoms with E-state index >= 15 is 0 Å². The fraction of sp³-hybridized carbons (Fsp3) is 0.406. The second-order valence-corrected chi connectivity index (χ2v) is 12.8. The van der Waals surface area contributed by atoms with Crippen LogP contribution in [0.15, 0.2) is 59.0 Å². The van der Waals surface area contributed by atoms with E-state index in [1.807, 2.05) is 75.7 Å². The average molecular weight is 571 g/mol. The van der Waals surface area contributed by atoms with Crippen molar-refractivity contribution >= 4 is 34.8 Å². The largest absolute Gasteiger partial charge is 0.391 e. The number of carbonyl (C=O) groups excluding carboxylic acids is 3. The van der Waals surface area contributed by atoms with Gasteiger partial charge in [0.2, 0.25) is 5.91 Å². The molecule has 1 N–H and O–H groups in total. The summed E-state index contributed by atoms with van der Waals surface area (Å²) in [4.78, 5) is 54.1. The number of aliphatic hydroxyl groups is 1. The Labute approximate surface area is 243 Å². The number of aliphatic imine (C=N–C) groups is 1. The minimum Gasteiger partial charge on any atom is -0.391 e. The highest BCUT2D eigenvalue weighted by atomic mass is 32.1. The molecule has 1 unspecified atom stereocenters. The first-order valence-corrected chi connectivity index (χ1v) is 15.0. The van der Waals surface area contributed by atoms with E-state index in [9.17, 15) is 19.5 Å². The van der Waals surface area contributed by atoms with E-state index in [2.05, 4.69) is 9.98 Å². The van der Waals surface area contributed by atoms with Crippen LogP contribution >= 0.6 is 11.3 Å². The van der Waals surface area contributed by atoms with Gasteiger partial charge in [0.05, 0.1) is 33.6 Å². The van der Waals surface area contributed by atoms with Crippen LogP contribution in [-0.2, 0) is 21.5 Å². The number of fused-ring (bicyclic) bond motifs is 1. The lowest BCUT2D eigenvalue weighted by Crippen LogP contribution is -2.54. The number of thiazole rings is 1. The summed E-state index contributed by atoms with van der Waals surface area (Å²) in [6.45, 7) is 8.27. The molecule has 41 heavy (non-hydrogen) atoms. The molecule has 3 amide bonds. The zero-order valence-electron chi connectivity index (χ0n) is 23.7. The second-order valence-electron chi connectivity index (χ2n) is 11.9. The Morgan fingerprint density at radius 2 is 1.85 bits per heavy atom. The maximum Gasteiger partial charge on any atom is 0.256 e. The number of likely N-dealkylation sites (tertiary alicyclic amines) is 1. The second kappa shape index (κ2) is 10.3. The summed E-state index contributed by atoms with van der Waals surface area (Å²) < 4.78 is 0. The van der Waals surface area contributed by atoms with E-state index in [0.717, 1.165) is 27.3 Å². The van der Waals surface area contributed by atoms with E-state index in [-0.39, 0.29) is 30.2 Å². The monoisotopic (exact) mass is 570 g/mol. The summed E-state index contributed by atoms with van der Waals surface area (Å²) >= 11 is 1.58. The standard InChI is InChI=1S/C32H34N4O4S/c1-18(2)27(36-15-21-7-5-6-8-24(21)29(36)38)30(39)35-16-23(37)13-26(35)25-14-32(4,31(40)34-25)22-11-9-20(10-12-22)28-19(3)33-17-41-28/h5-12,17-18,23,26-27,37H,13-16H2,1-4H3/t23-,26?,27+,32+/m1/s1. The Balaban J connectivity index is 1.24. The Kier molecular flexibility index (Phi) is 6.90. The summed E-state index contributed by atoms with van der Waals surface area (Å²) in [5.74, 6) is -0.747. The maximum absolute atomic E-state index is 14.2. The van der Waals surface area contributed by atoms with E-state index in [1.54, 1.807) is 27.2 Å². The van der Waals surface area contributed by atoms with Gasteiger partial charge in [-0.25, -0.2) is 9.98 Å². The van der Waals surface area contributed by atoms with Crippen molar-refractivity contribution < 1.29 is 19.5 Å². The highest BCUT2D eigenvalue weighted by molar-refractivity contribution is 7.13. The van der Waals surface area contributed by atoms with Gasteiger partial charge in [0, 0.05) is 37.2 Å². The first kappa shape index (κ1) is 27.5. The molecule has 0 aliphatic carbocycles. The van der Waals surface area contributed by atoms with Gasteiger partial charge in [0.1, 0.15) is 6.04 Å². The molecule has 8 nitrogen and oxygen atoms in total. The fourth-order valence-corrected chi connectivity index (χ4v) is 7.35. The molecular weight excluding hydrogens is 536 g/mol. The lowest BCUT2D eigenvalue weighted by atomic mass is 9.78. The summed E-state index contributed by atoms with van der Waals surface area (Å²) in [6, 6.07) is 14.2. The molecule has 0 spiro atoms. The zero-order valence-corrected chi connectivity index (χ0v) is 24.5. The third-order valence-electron chi connectivity index (χ3n) is 8.80. The third kappa shape index (κ3) is 4.61. The van der Waals surface area contributed by atoms with Gasteiger partial charge in [-0.15, -0.1) is 11.3 Å². The number of amides is 3. The number of benzene rings is 2. The van der Waals surface area contributed by atoms with Crippen LogP contribution in [0.4, 0.5) is 0 Å². The van der Waals surface area contributed by atoms with Crippen LogP contribution in [0.5, 0.6) is 0 Å². The van der Waals surface area contributed by atoms with Gasteiger partial charge >= 0.3 is 0 Å². The van der Waals surface area contributed by atoms with Crippen LogP contribution in [0, 0.1) is 12.8 Å². The SMILES string of the molecule is Cc1ncsc1-c1ccc([C@]2(C)CC(C3C[C@@H](O)CN3C(=O)[C@H](C(C)C)N3Cc4ccccc4C3=O)=NC2=O)cc1. The van der Waals surface area contributed by atoms with Gasteiger partial charge in [-0.3, -0.25) is 14.4 Å². The molecule has 212 valence electrons. The van der Waals surface area contributed by atoms with Crippen LogP contribution in [0.25, 0.3) is 10.4 Å². The predicted octanol–water partition coefficient (Wildman–Crippen LogP) is 4.39. The molecule has 9 heteroatoms. The lowest BCUT2D eigenvalue weighted by molar-refractivity contribution is -0.138. The van der Waals surface area contributed by atoms with Gasteiger partial charge < -0.3 is 14.9 Å². The smallest absolute Gasteiger partial charge is 0.256 e. The Morgan fingerprint density at radius 1 is 1.12 bits per heavy atom. The Hall–Kier alpha value is -3.69. The van der Waals surface area contributed by atoms with Crippen molar-refractivity contribution in [2.45, 2.75) is 70.7 Å². The number of rotatable bonds is 6. The molecule has 1 fully saturated rings. The molecular formula is C32H34N4O4S. The van der Waals surface area contributed by atoms with Crippen LogP contribution in [0.1, 0.15) is 60.8 Å². The molecule has 2 aromatic carbocycles. The summed E-state index contributed by atoms with van der Waals surface area (Å²) in [7, 11) is 0. The molecule has 4 heterocycles. The van der Waals surface area contributed by atoms with E-state index in [1.165, 1.54) is 0 Å². The molecule has 3 aromatic rings. The van der Waals surface area contributed by atoms with Gasteiger partial charge in [-0.05, 0) is 42.5 Å². The van der Waals surface area contributed by atoms with E-state index in [0.29, 0.717) is 30.7 Å². The van der Waals surface area contributed by atoms with Crippen molar-refractivity contribution in [3.63, 3.8) is 0 Å². The summed E-state index contributed by atoms with van der Waals surface area (Å²) in [6.07, 6.45) is -0.0436. The first-order chi connectivity index (χ1) is 19.6. The molecule has 0 radical (unpaired) electrons. The first-order valence-electron chi connectivity index (χ1n) is 14.1. The predicted molar refractivity (Wildman–Crippen MR) is 158 cm³/mol. The van der Waals surface area contributed by atoms with Gasteiger partial charge in [-0.2, -0.15) is 0 Å². The average Bonchev–Trinajstić information content (AvgIpc) is 3.71. The minimum absolute atomic E-state index is 0.141. The highest BCUT2D eigenvalue weighted by Crippen LogP contribution is 2.39. The number of aryl methyl sites for hydroxylation is 1. The summed E-state index contributed by atoms with van der Waals surface area (Å²) in [5.41, 5.74) is 6.01. The minimum atomic E-state index is -0.858. The molecule has 3 aliphatic rings. The van der Waals surface area contributed by atoms with Gasteiger partial charge in [-0.1, -0.05) is 56.3 Å². The van der Waals surface area contributed by atoms with Crippen LogP contribution in [0.2, 0.25) is 0 Å². The Morgan fingerprint density at radius 3 is 2.51 bits per heavy atom. The van der Waals surface area contributed by atoms with Crippen molar-refractivity contribution in [2.75, 3.05) is 6.54 Å². The lowest BCUT2D eigenvalue weighted by Gasteiger charge is -2.35. The Bertz CT molecular complexity index is 1560. The molecule has 1 aromatic heterocycles. The number of hydrogen-bond acceptors (Lipinski definition) is 6. The number of carbonyl (C=O) groups is 3. The van der Waals surface area contributed by atoms with Crippen molar-refractivity contribution in [2.24, 2.45) is 10.9 Å². The van der Waals surface area contributed by atoms with Gasteiger partial charge in [0.25, 0.3) is 11.8 Å². The van der Waals surface area contributed by atoms with Crippen molar-refractivity contribution in [3.05, 3.63) is 76.4 Å². The normalized spacial score (nSPS) is 24.8. The summed E-state index contributed by atoms with van der Waals surface area (Å²) in [5, 5.41) is 10.7. The van der Waals surface area contributed by atoms with Crippen LogP contribution in [-0.4, -0.2) is 68.1 Å². The molecule has 0 saturated carbocycles. The van der Waals surface area contributed by atoms with Crippen LogP contribution < -0.4 is 0 Å². The maximum atomic E-state index is 14.2. The van der Waals surface area contributed by atoms with Crippen LogP contribution in [0.3, 0.4) is 0 Å². The number of nitrogens with zero attached hydrogens (tertiary/aromatic N) is 4. The topological polar surface area (TPSA) is 103 Å². The van der Waals surface area contributed by atoms with E-state index < -0.39 is 23.6 Å². The fourth-order valence-electron chi connectivity index (χ4n) is 6.54. The van der Waals surface area contributed by atoms with Crippen molar-refractivity contribution in [1.82, 2.24) is 14.8 Å². The van der Waals surface area contributed by atoms with Gasteiger partial charge in [0.15, 0.2) is 0 Å². The third-order valence-corrected chi connectivity index (χ3v) is 9.78. The molecule has 4 atom stereocenters. The quantitative estimate of drug-likeness (QED) is 0.474. The number of hydrogen-bond donors (Lipinski definition) is 1. The number of β-amino-alcohol motifs (C(OH)–C–C–N with tert-alkyl or cyclic N) is 1. The molecule has 0 bridgehead atoms. The molecule has 3 aliphatic heterocycles. The number of aromatic nitrogens is 1. The van der Waals surface area contributed by atoms with E-state index in [4.69, 9.17) is 0 Å². The highest BCUT2D eigenvalue weighted by Gasteiger charge is 2.49. The zero-order chi connectivity index (χ0) is 29.1.